The normalized spacial score (nSPS) is 10.1. The Kier molecular flexibility index (Phi) is 5.09. The van der Waals surface area contributed by atoms with E-state index in [0.29, 0.717) is 10.4 Å². The molecule has 0 aliphatic rings. The third kappa shape index (κ3) is 3.47. The number of methoxy groups -OCH3 is 1. The Balaban J connectivity index is 3.02. The summed E-state index contributed by atoms with van der Waals surface area (Å²) in [5.41, 5.74) is 1.83. The maximum Gasteiger partial charge on any atom is 0.310 e. The molecule has 0 fully saturated rings. The summed E-state index contributed by atoms with van der Waals surface area (Å²) in [5.74, 6) is -0.292. The highest BCUT2D eigenvalue weighted by Crippen LogP contribution is 2.27. The number of carbonyl (C=O) groups excluding carboxylic acids is 1. The molecule has 15 heavy (non-hydrogen) atoms. The number of benzene rings is 1. The molecule has 0 spiro atoms. The quantitative estimate of drug-likeness (QED) is 0.610. The van der Waals surface area contributed by atoms with Crippen LogP contribution in [0.4, 0.5) is 0 Å². The number of ether oxygens (including phenoxy) is 1. The zero-order valence-corrected chi connectivity index (χ0v) is 11.9. The standard InChI is InChI=1S/C10H9Br2ClO2/c1-15-10(14)3-6-2-7(5-11)8(12)4-9(6)13/h2,4H,3,5H2,1H3. The minimum absolute atomic E-state index is 0.197. The maximum absolute atomic E-state index is 11.1. The SMILES string of the molecule is COC(=O)Cc1cc(CBr)c(Br)cc1Cl. The van der Waals surface area contributed by atoms with Crippen molar-refractivity contribution in [3.05, 3.63) is 32.8 Å². The van der Waals surface area contributed by atoms with Crippen molar-refractivity contribution in [1.82, 2.24) is 0 Å². The zero-order chi connectivity index (χ0) is 11.4. The number of hydrogen-bond donors (Lipinski definition) is 0. The van der Waals surface area contributed by atoms with E-state index in [0.717, 1.165) is 15.6 Å². The second-order valence-electron chi connectivity index (χ2n) is 2.92. The number of rotatable bonds is 3. The molecule has 0 N–H and O–H groups in total. The highest BCUT2D eigenvalue weighted by Gasteiger charge is 2.10. The fourth-order valence-corrected chi connectivity index (χ4v) is 2.80. The third-order valence-electron chi connectivity index (χ3n) is 1.92. The van der Waals surface area contributed by atoms with Gasteiger partial charge in [0, 0.05) is 14.8 Å². The van der Waals surface area contributed by atoms with Crippen LogP contribution in [0, 0.1) is 0 Å². The molecule has 0 aromatic heterocycles. The number of esters is 1. The van der Waals surface area contributed by atoms with Crippen molar-refractivity contribution in [3.8, 4) is 0 Å². The minimum Gasteiger partial charge on any atom is -0.469 e. The topological polar surface area (TPSA) is 26.3 Å². The van der Waals surface area contributed by atoms with Crippen LogP contribution >= 0.6 is 43.5 Å². The van der Waals surface area contributed by atoms with Crippen molar-refractivity contribution in [3.63, 3.8) is 0 Å². The first-order valence-electron chi connectivity index (χ1n) is 4.18. The molecule has 0 radical (unpaired) electrons. The number of hydrogen-bond acceptors (Lipinski definition) is 2. The van der Waals surface area contributed by atoms with Gasteiger partial charge in [-0.05, 0) is 17.2 Å². The number of halogens is 3. The second-order valence-corrected chi connectivity index (χ2v) is 4.74. The van der Waals surface area contributed by atoms with Gasteiger partial charge in [-0.3, -0.25) is 4.79 Å². The summed E-state index contributed by atoms with van der Waals surface area (Å²) in [6.07, 6.45) is 0.197. The van der Waals surface area contributed by atoms with E-state index in [1.807, 2.05) is 6.07 Å². The molecule has 0 atom stereocenters. The predicted molar refractivity (Wildman–Crippen MR) is 67.5 cm³/mol. The van der Waals surface area contributed by atoms with Gasteiger partial charge in [0.25, 0.3) is 0 Å². The Hall–Kier alpha value is -0.0600. The molecule has 0 heterocycles. The average molecular weight is 356 g/mol. The molecule has 0 bridgehead atoms. The summed E-state index contributed by atoms with van der Waals surface area (Å²) in [4.78, 5) is 11.1. The van der Waals surface area contributed by atoms with E-state index in [2.05, 4.69) is 36.6 Å². The number of alkyl halides is 1. The first-order valence-corrected chi connectivity index (χ1v) is 6.47. The van der Waals surface area contributed by atoms with Crippen LogP contribution in [0.2, 0.25) is 5.02 Å². The fourth-order valence-electron chi connectivity index (χ4n) is 1.11. The molecule has 0 saturated heterocycles. The third-order valence-corrected chi connectivity index (χ3v) is 3.62. The highest BCUT2D eigenvalue weighted by molar-refractivity contribution is 9.10. The highest BCUT2D eigenvalue weighted by atomic mass is 79.9. The van der Waals surface area contributed by atoms with Gasteiger partial charge in [-0.1, -0.05) is 49.5 Å². The molecular weight excluding hydrogens is 347 g/mol. The summed E-state index contributed by atoms with van der Waals surface area (Å²) < 4.78 is 5.52. The first-order chi connectivity index (χ1) is 7.08. The minimum atomic E-state index is -0.292. The van der Waals surface area contributed by atoms with Gasteiger partial charge in [-0.15, -0.1) is 0 Å². The molecule has 0 saturated carbocycles. The molecule has 5 heteroatoms. The smallest absolute Gasteiger partial charge is 0.310 e. The van der Waals surface area contributed by atoms with Crippen molar-refractivity contribution in [2.24, 2.45) is 0 Å². The van der Waals surface area contributed by atoms with Gasteiger partial charge in [0.1, 0.15) is 0 Å². The van der Waals surface area contributed by atoms with E-state index in [1.165, 1.54) is 7.11 Å². The van der Waals surface area contributed by atoms with E-state index >= 15 is 0 Å². The largest absolute Gasteiger partial charge is 0.469 e. The van der Waals surface area contributed by atoms with E-state index in [4.69, 9.17) is 11.6 Å². The van der Waals surface area contributed by atoms with E-state index in [-0.39, 0.29) is 12.4 Å². The average Bonchev–Trinajstić information content (AvgIpc) is 2.21. The summed E-state index contributed by atoms with van der Waals surface area (Å²) in [6.45, 7) is 0. The molecule has 82 valence electrons. The predicted octanol–water partition coefficient (Wildman–Crippen LogP) is 3.71. The van der Waals surface area contributed by atoms with Gasteiger partial charge < -0.3 is 4.74 Å². The Labute approximate surface area is 110 Å². The van der Waals surface area contributed by atoms with Crippen molar-refractivity contribution in [2.75, 3.05) is 7.11 Å². The van der Waals surface area contributed by atoms with Gasteiger partial charge in [0.05, 0.1) is 13.5 Å². The van der Waals surface area contributed by atoms with E-state index < -0.39 is 0 Å². The second kappa shape index (κ2) is 5.87. The molecule has 0 aliphatic carbocycles. The van der Waals surface area contributed by atoms with Gasteiger partial charge in [-0.2, -0.15) is 0 Å². The van der Waals surface area contributed by atoms with Crippen LogP contribution in [-0.4, -0.2) is 13.1 Å². The molecule has 1 aromatic rings. The maximum atomic E-state index is 11.1. The molecule has 1 rings (SSSR count). The van der Waals surface area contributed by atoms with Gasteiger partial charge >= 0.3 is 5.97 Å². The van der Waals surface area contributed by atoms with Crippen molar-refractivity contribution < 1.29 is 9.53 Å². The summed E-state index contributed by atoms with van der Waals surface area (Å²) in [6, 6.07) is 3.68. The lowest BCUT2D eigenvalue weighted by Gasteiger charge is -2.07. The lowest BCUT2D eigenvalue weighted by molar-refractivity contribution is -0.139. The van der Waals surface area contributed by atoms with E-state index in [9.17, 15) is 4.79 Å². The molecule has 1 aromatic carbocycles. The monoisotopic (exact) mass is 354 g/mol. The molecule has 2 nitrogen and oxygen atoms in total. The molecule has 0 unspecified atom stereocenters. The number of carbonyl (C=O) groups is 1. The van der Waals surface area contributed by atoms with Crippen molar-refractivity contribution in [1.29, 1.82) is 0 Å². The van der Waals surface area contributed by atoms with Gasteiger partial charge in [-0.25, -0.2) is 0 Å². The van der Waals surface area contributed by atoms with Crippen LogP contribution in [0.15, 0.2) is 16.6 Å². The van der Waals surface area contributed by atoms with Crippen LogP contribution in [0.1, 0.15) is 11.1 Å². The molecular formula is C10H9Br2ClO2. The Morgan fingerprint density at radius 3 is 2.67 bits per heavy atom. The molecule has 0 aliphatic heterocycles. The van der Waals surface area contributed by atoms with Gasteiger partial charge in [0.2, 0.25) is 0 Å². The van der Waals surface area contributed by atoms with Crippen molar-refractivity contribution >= 4 is 49.4 Å². The summed E-state index contributed by atoms with van der Waals surface area (Å²) >= 11 is 12.8. The lowest BCUT2D eigenvalue weighted by Crippen LogP contribution is -2.05. The molecule has 0 amide bonds. The Morgan fingerprint density at radius 1 is 1.47 bits per heavy atom. The van der Waals surface area contributed by atoms with Crippen LogP contribution < -0.4 is 0 Å². The fraction of sp³-hybridized carbons (Fsp3) is 0.300. The summed E-state index contributed by atoms with van der Waals surface area (Å²) in [5, 5.41) is 1.27. The van der Waals surface area contributed by atoms with E-state index in [1.54, 1.807) is 6.07 Å². The first kappa shape index (κ1) is 13.0. The van der Waals surface area contributed by atoms with Crippen molar-refractivity contribution in [2.45, 2.75) is 11.8 Å². The Bertz CT molecular complexity index is 380. The lowest BCUT2D eigenvalue weighted by atomic mass is 10.1. The van der Waals surface area contributed by atoms with Crippen LogP contribution in [-0.2, 0) is 21.3 Å². The van der Waals surface area contributed by atoms with Crippen LogP contribution in [0.5, 0.6) is 0 Å². The van der Waals surface area contributed by atoms with Crippen LogP contribution in [0.25, 0.3) is 0 Å². The summed E-state index contributed by atoms with van der Waals surface area (Å²) in [7, 11) is 1.36. The van der Waals surface area contributed by atoms with Gasteiger partial charge in [0.15, 0.2) is 0 Å². The zero-order valence-electron chi connectivity index (χ0n) is 8.02. The van der Waals surface area contributed by atoms with Crippen LogP contribution in [0.3, 0.4) is 0 Å². The Morgan fingerprint density at radius 2 is 2.13 bits per heavy atom.